The lowest BCUT2D eigenvalue weighted by atomic mass is 10.1. The molecule has 0 heterocycles. The number of nitrogens with two attached hydrogens (primary N) is 1. The second-order valence-corrected chi connectivity index (χ2v) is 9.23. The highest BCUT2D eigenvalue weighted by Gasteiger charge is 2.37. The summed E-state index contributed by atoms with van der Waals surface area (Å²) < 4.78 is 42.7. The summed E-state index contributed by atoms with van der Waals surface area (Å²) in [6.45, 7) is 6.01. The first-order valence-electron chi connectivity index (χ1n) is 5.21. The zero-order valence-electron chi connectivity index (χ0n) is 10.4. The van der Waals surface area contributed by atoms with Crippen molar-refractivity contribution in [3.8, 4) is 5.75 Å². The van der Waals surface area contributed by atoms with E-state index in [0.717, 1.165) is 0 Å². The standard InChI is InChI=1S/C11H16F3NOSi.ClH/c1-17(2,3)16-9-6-4-8(5-7-9)10(15)11(12,13)14;/h4-7,10H,15H2,1-3H3;1H/t10-;/m0./s1. The van der Waals surface area contributed by atoms with Crippen molar-refractivity contribution in [3.05, 3.63) is 29.8 Å². The van der Waals surface area contributed by atoms with Crippen LogP contribution in [0, 0.1) is 0 Å². The van der Waals surface area contributed by atoms with Crippen molar-refractivity contribution in [2.45, 2.75) is 31.9 Å². The molecule has 18 heavy (non-hydrogen) atoms. The van der Waals surface area contributed by atoms with E-state index < -0.39 is 20.5 Å². The van der Waals surface area contributed by atoms with Gasteiger partial charge in [0.15, 0.2) is 0 Å². The quantitative estimate of drug-likeness (QED) is 0.860. The van der Waals surface area contributed by atoms with E-state index in [1.54, 1.807) is 0 Å². The number of benzene rings is 1. The molecule has 0 fully saturated rings. The topological polar surface area (TPSA) is 35.2 Å². The fourth-order valence-corrected chi connectivity index (χ4v) is 2.13. The number of hydrogen-bond acceptors (Lipinski definition) is 2. The van der Waals surface area contributed by atoms with E-state index in [-0.39, 0.29) is 18.0 Å². The molecule has 1 aromatic carbocycles. The van der Waals surface area contributed by atoms with Gasteiger partial charge in [-0.1, -0.05) is 12.1 Å². The Morgan fingerprint density at radius 3 is 1.89 bits per heavy atom. The Morgan fingerprint density at radius 2 is 1.56 bits per heavy atom. The van der Waals surface area contributed by atoms with Crippen LogP contribution in [-0.2, 0) is 0 Å². The van der Waals surface area contributed by atoms with E-state index in [0.29, 0.717) is 5.75 Å². The minimum Gasteiger partial charge on any atom is -0.544 e. The Bertz CT molecular complexity index is 375. The first-order valence-corrected chi connectivity index (χ1v) is 8.62. The van der Waals surface area contributed by atoms with Crippen molar-refractivity contribution in [1.82, 2.24) is 0 Å². The van der Waals surface area contributed by atoms with E-state index in [2.05, 4.69) is 0 Å². The molecule has 1 atom stereocenters. The average molecular weight is 300 g/mol. The van der Waals surface area contributed by atoms with E-state index in [1.807, 2.05) is 19.6 Å². The third kappa shape index (κ3) is 5.28. The van der Waals surface area contributed by atoms with Gasteiger partial charge in [-0.2, -0.15) is 13.2 Å². The van der Waals surface area contributed by atoms with Gasteiger partial charge in [0.05, 0.1) is 0 Å². The van der Waals surface area contributed by atoms with Gasteiger partial charge in [0.25, 0.3) is 0 Å². The highest BCUT2D eigenvalue weighted by Crippen LogP contribution is 2.31. The molecule has 0 amide bonds. The first kappa shape index (κ1) is 17.3. The van der Waals surface area contributed by atoms with Gasteiger partial charge in [-0.15, -0.1) is 12.4 Å². The maximum atomic E-state index is 12.4. The van der Waals surface area contributed by atoms with Gasteiger partial charge in [0.1, 0.15) is 11.8 Å². The molecule has 2 N–H and O–H groups in total. The fraction of sp³-hybridized carbons (Fsp3) is 0.455. The van der Waals surface area contributed by atoms with Crippen molar-refractivity contribution >= 4 is 20.7 Å². The summed E-state index contributed by atoms with van der Waals surface area (Å²) in [6.07, 6.45) is -4.42. The van der Waals surface area contributed by atoms with Crippen LogP contribution in [0.25, 0.3) is 0 Å². The number of hydrogen-bond donors (Lipinski definition) is 1. The molecule has 0 aliphatic carbocycles. The van der Waals surface area contributed by atoms with E-state index in [9.17, 15) is 13.2 Å². The van der Waals surface area contributed by atoms with Gasteiger partial charge in [-0.05, 0) is 37.3 Å². The molecule has 0 aromatic heterocycles. The summed E-state index contributed by atoms with van der Waals surface area (Å²) in [4.78, 5) is 0. The van der Waals surface area contributed by atoms with Crippen molar-refractivity contribution < 1.29 is 17.6 Å². The Morgan fingerprint density at radius 1 is 1.11 bits per heavy atom. The van der Waals surface area contributed by atoms with Crippen molar-refractivity contribution in [1.29, 1.82) is 0 Å². The molecule has 104 valence electrons. The van der Waals surface area contributed by atoms with Crippen LogP contribution >= 0.6 is 12.4 Å². The SMILES string of the molecule is C[Si](C)(C)Oc1ccc([C@H](N)C(F)(F)F)cc1.Cl. The molecule has 2 nitrogen and oxygen atoms in total. The number of halogens is 4. The van der Waals surface area contributed by atoms with Crippen LogP contribution in [-0.4, -0.2) is 14.5 Å². The van der Waals surface area contributed by atoms with Gasteiger partial charge in [0, 0.05) is 0 Å². The Hall–Kier alpha value is -0.723. The maximum absolute atomic E-state index is 12.4. The maximum Gasteiger partial charge on any atom is 0.407 e. The summed E-state index contributed by atoms with van der Waals surface area (Å²) in [7, 11) is -1.73. The molecule has 0 radical (unpaired) electrons. The average Bonchev–Trinajstić information content (AvgIpc) is 2.14. The van der Waals surface area contributed by atoms with Gasteiger partial charge in [-0.3, -0.25) is 0 Å². The van der Waals surface area contributed by atoms with Crippen LogP contribution < -0.4 is 10.2 Å². The smallest absolute Gasteiger partial charge is 0.407 e. The number of alkyl halides is 3. The molecule has 0 saturated heterocycles. The van der Waals surface area contributed by atoms with Crippen LogP contribution in [0.3, 0.4) is 0 Å². The molecule has 7 heteroatoms. The normalized spacial score (nSPS) is 13.7. The molecule has 0 spiro atoms. The predicted octanol–water partition coefficient (Wildman–Crippen LogP) is 3.88. The lowest BCUT2D eigenvalue weighted by Crippen LogP contribution is -2.30. The Balaban J connectivity index is 0.00000289. The van der Waals surface area contributed by atoms with E-state index in [4.69, 9.17) is 10.2 Å². The van der Waals surface area contributed by atoms with Crippen LogP contribution in [0.15, 0.2) is 24.3 Å². The molecule has 1 aromatic rings. The molecule has 0 saturated carbocycles. The Kier molecular flexibility index (Phi) is 5.71. The zero-order chi connectivity index (χ0) is 13.3. The molecule has 0 bridgehead atoms. The molecular weight excluding hydrogens is 283 g/mol. The van der Waals surface area contributed by atoms with Crippen LogP contribution in [0.1, 0.15) is 11.6 Å². The first-order chi connectivity index (χ1) is 7.59. The van der Waals surface area contributed by atoms with Gasteiger partial charge >= 0.3 is 6.18 Å². The van der Waals surface area contributed by atoms with Gasteiger partial charge in [-0.25, -0.2) is 0 Å². The predicted molar refractivity (Wildman–Crippen MR) is 70.6 cm³/mol. The number of rotatable bonds is 3. The summed E-state index contributed by atoms with van der Waals surface area (Å²) in [6, 6.07) is 3.82. The fourth-order valence-electron chi connectivity index (χ4n) is 1.29. The zero-order valence-corrected chi connectivity index (χ0v) is 12.2. The van der Waals surface area contributed by atoms with Crippen LogP contribution in [0.5, 0.6) is 5.75 Å². The minimum absolute atomic E-state index is 0. The molecule has 1 rings (SSSR count). The Labute approximate surface area is 112 Å². The monoisotopic (exact) mass is 299 g/mol. The van der Waals surface area contributed by atoms with Gasteiger partial charge < -0.3 is 10.2 Å². The van der Waals surface area contributed by atoms with Crippen LogP contribution in [0.4, 0.5) is 13.2 Å². The molecule has 0 aliphatic heterocycles. The second-order valence-electron chi connectivity index (χ2n) is 4.80. The lowest BCUT2D eigenvalue weighted by Gasteiger charge is -2.20. The molecular formula is C11H17ClF3NOSi. The summed E-state index contributed by atoms with van der Waals surface area (Å²) in [5.41, 5.74) is 5.13. The van der Waals surface area contributed by atoms with E-state index in [1.165, 1.54) is 24.3 Å². The largest absolute Gasteiger partial charge is 0.544 e. The third-order valence-electron chi connectivity index (χ3n) is 2.02. The molecule has 0 aliphatic rings. The second kappa shape index (κ2) is 5.95. The van der Waals surface area contributed by atoms with Crippen molar-refractivity contribution in [2.24, 2.45) is 5.73 Å². The van der Waals surface area contributed by atoms with E-state index >= 15 is 0 Å². The van der Waals surface area contributed by atoms with Crippen molar-refractivity contribution in [3.63, 3.8) is 0 Å². The summed E-state index contributed by atoms with van der Waals surface area (Å²) in [5, 5.41) is 0. The minimum atomic E-state index is -4.42. The lowest BCUT2D eigenvalue weighted by molar-refractivity contribution is -0.149. The summed E-state index contributed by atoms with van der Waals surface area (Å²) >= 11 is 0. The highest BCUT2D eigenvalue weighted by atomic mass is 35.5. The highest BCUT2D eigenvalue weighted by molar-refractivity contribution is 6.70. The van der Waals surface area contributed by atoms with Gasteiger partial charge in [0.2, 0.25) is 8.32 Å². The van der Waals surface area contributed by atoms with Crippen molar-refractivity contribution in [2.75, 3.05) is 0 Å². The third-order valence-corrected chi connectivity index (χ3v) is 2.86. The molecule has 0 unspecified atom stereocenters. The van der Waals surface area contributed by atoms with Crippen LogP contribution in [0.2, 0.25) is 19.6 Å². The summed E-state index contributed by atoms with van der Waals surface area (Å²) in [5.74, 6) is 0.585.